The van der Waals surface area contributed by atoms with Crippen LogP contribution in [0.3, 0.4) is 0 Å². The number of aliphatic hydroxyl groups excluding tert-OH is 2. The quantitative estimate of drug-likeness (QED) is 0.425. The van der Waals surface area contributed by atoms with Crippen LogP contribution >= 0.6 is 0 Å². The van der Waals surface area contributed by atoms with Crippen LogP contribution in [0.15, 0.2) is 0 Å². The van der Waals surface area contributed by atoms with Crippen LogP contribution < -0.4 is 5.73 Å². The van der Waals surface area contributed by atoms with E-state index in [1.807, 2.05) is 0 Å². The molecule has 5 heteroatoms. The molecule has 1 aliphatic carbocycles. The van der Waals surface area contributed by atoms with Crippen molar-refractivity contribution in [1.29, 1.82) is 0 Å². The van der Waals surface area contributed by atoms with Gasteiger partial charge in [-0.3, -0.25) is 0 Å². The first-order chi connectivity index (χ1) is 5.97. The van der Waals surface area contributed by atoms with Crippen molar-refractivity contribution in [2.75, 3.05) is 6.54 Å². The Kier molecular flexibility index (Phi) is 1.80. The topological polar surface area (TPSA) is 75.7 Å². The Balaban J connectivity index is 2.25. The second-order valence-corrected chi connectivity index (χ2v) is 4.33. The maximum atomic E-state index is 9.93. The molecule has 0 bridgehead atoms. The van der Waals surface area contributed by atoms with Crippen LogP contribution in [0.4, 0.5) is 0 Å². The molecule has 1 aliphatic heterocycles. The Hall–Kier alpha value is -0.0951. The lowest BCUT2D eigenvalue weighted by Gasteiger charge is -2.29. The molecule has 0 aromatic carbocycles. The number of aliphatic hydroxyl groups is 2. The fourth-order valence-electron chi connectivity index (χ4n) is 2.04. The predicted molar refractivity (Wildman–Crippen MR) is 47.2 cm³/mol. The molecule has 5 atom stereocenters. The summed E-state index contributed by atoms with van der Waals surface area (Å²) in [6.45, 7) is 2.03. The Bertz CT molecular complexity index is 239. The average molecular weight is 183 g/mol. The number of ether oxygens (including phenoxy) is 1. The van der Waals surface area contributed by atoms with Gasteiger partial charge in [0, 0.05) is 24.4 Å². The van der Waals surface area contributed by atoms with Gasteiger partial charge in [0.05, 0.1) is 12.2 Å². The van der Waals surface area contributed by atoms with E-state index in [0.717, 1.165) is 0 Å². The molecular weight excluding hydrogens is 169 g/mol. The average Bonchev–Trinajstić information content (AvgIpc) is 2.70. The molecule has 2 rings (SSSR count). The molecule has 72 valence electrons. The molecule has 0 amide bonds. The summed E-state index contributed by atoms with van der Waals surface area (Å²) in [6.07, 6.45) is -0.908. The van der Waals surface area contributed by atoms with Gasteiger partial charge in [0.2, 0.25) is 0 Å². The van der Waals surface area contributed by atoms with Crippen molar-refractivity contribution in [3.8, 4) is 0 Å². The zero-order chi connectivity index (χ0) is 9.85. The lowest BCUT2D eigenvalue weighted by molar-refractivity contribution is -0.0221. The predicted octanol–water partition coefficient (Wildman–Crippen LogP) is -1.66. The van der Waals surface area contributed by atoms with E-state index >= 15 is 0 Å². The third-order valence-electron chi connectivity index (χ3n) is 3.44. The zero-order valence-electron chi connectivity index (χ0n) is 7.60. The minimum atomic E-state index is -0.826. The van der Waals surface area contributed by atoms with Gasteiger partial charge in [-0.05, 0) is 0 Å². The van der Waals surface area contributed by atoms with Gasteiger partial charge >= 0.3 is 0 Å². The molecular formula is C8H14BNO3. The van der Waals surface area contributed by atoms with Crippen molar-refractivity contribution in [1.82, 2.24) is 0 Å². The molecule has 13 heavy (non-hydrogen) atoms. The highest BCUT2D eigenvalue weighted by Crippen LogP contribution is 2.55. The molecule has 0 aromatic heterocycles. The fraction of sp³-hybridized carbons (Fsp3) is 1.00. The zero-order valence-corrected chi connectivity index (χ0v) is 7.60. The Morgan fingerprint density at radius 2 is 2.15 bits per heavy atom. The molecule has 4 N–H and O–H groups in total. The molecule has 0 aromatic rings. The summed E-state index contributed by atoms with van der Waals surface area (Å²) in [7, 11) is 5.72. The maximum absolute atomic E-state index is 9.93. The van der Waals surface area contributed by atoms with E-state index in [1.165, 1.54) is 0 Å². The largest absolute Gasteiger partial charge is 0.390 e. The minimum absolute atomic E-state index is 0.254. The summed E-state index contributed by atoms with van der Waals surface area (Å²) in [6, 6.07) is -0.593. The third kappa shape index (κ3) is 0.959. The molecule has 4 nitrogen and oxygen atoms in total. The highest BCUT2D eigenvalue weighted by Gasteiger charge is 2.70. The van der Waals surface area contributed by atoms with Crippen LogP contribution in [-0.2, 0) is 4.74 Å². The van der Waals surface area contributed by atoms with E-state index in [2.05, 4.69) is 0 Å². The lowest BCUT2D eigenvalue weighted by atomic mass is 9.71. The molecule has 2 radical (unpaired) electrons. The summed E-state index contributed by atoms with van der Waals surface area (Å²) < 4.78 is 5.39. The van der Waals surface area contributed by atoms with Gasteiger partial charge in [-0.15, -0.1) is 0 Å². The van der Waals surface area contributed by atoms with Crippen molar-refractivity contribution in [3.63, 3.8) is 0 Å². The van der Waals surface area contributed by atoms with Crippen molar-refractivity contribution in [2.45, 2.75) is 37.2 Å². The second kappa shape index (κ2) is 2.48. The summed E-state index contributed by atoms with van der Waals surface area (Å²) in [5, 5.41) is 19.3. The molecule has 2 unspecified atom stereocenters. The Morgan fingerprint density at radius 1 is 1.62 bits per heavy atom. The van der Waals surface area contributed by atoms with Crippen molar-refractivity contribution in [2.24, 2.45) is 11.1 Å². The van der Waals surface area contributed by atoms with E-state index in [9.17, 15) is 10.2 Å². The van der Waals surface area contributed by atoms with E-state index in [4.69, 9.17) is 18.3 Å². The molecule has 1 saturated carbocycles. The van der Waals surface area contributed by atoms with Gasteiger partial charge in [-0.25, -0.2) is 0 Å². The summed E-state index contributed by atoms with van der Waals surface area (Å²) in [5.41, 5.74) is 4.07. The van der Waals surface area contributed by atoms with Crippen LogP contribution in [0.1, 0.15) is 13.3 Å². The Morgan fingerprint density at radius 3 is 2.38 bits per heavy atom. The second-order valence-electron chi connectivity index (χ2n) is 4.33. The van der Waals surface area contributed by atoms with E-state index in [-0.39, 0.29) is 6.54 Å². The molecule has 2 aliphatic rings. The van der Waals surface area contributed by atoms with Crippen molar-refractivity contribution < 1.29 is 14.9 Å². The van der Waals surface area contributed by atoms with Crippen molar-refractivity contribution in [3.05, 3.63) is 0 Å². The van der Waals surface area contributed by atoms with E-state index in [0.29, 0.717) is 6.42 Å². The van der Waals surface area contributed by atoms with Crippen molar-refractivity contribution >= 4 is 7.85 Å². The van der Waals surface area contributed by atoms with Gasteiger partial charge in [0.15, 0.2) is 0 Å². The molecule has 2 fully saturated rings. The highest BCUT2D eigenvalue weighted by atomic mass is 16.6. The van der Waals surface area contributed by atoms with Gasteiger partial charge in [-0.2, -0.15) is 0 Å². The molecule has 1 spiro atoms. The minimum Gasteiger partial charge on any atom is -0.390 e. The fourth-order valence-corrected chi connectivity index (χ4v) is 2.04. The summed E-state index contributed by atoms with van der Waals surface area (Å²) in [5.74, 6) is 0. The highest BCUT2D eigenvalue weighted by molar-refractivity contribution is 6.12. The number of hydrogen-bond donors (Lipinski definition) is 3. The van der Waals surface area contributed by atoms with E-state index < -0.39 is 29.2 Å². The third-order valence-corrected chi connectivity index (χ3v) is 3.44. The SMILES string of the molecule is [B][C@@H]1OC2(CC2O)[C@@H](O)[C@@]1(C)CN. The van der Waals surface area contributed by atoms with Crippen LogP contribution in [0, 0.1) is 5.41 Å². The smallest absolute Gasteiger partial charge is 0.122 e. The number of nitrogens with two attached hydrogens (primary N) is 1. The first-order valence-corrected chi connectivity index (χ1v) is 4.47. The first kappa shape index (κ1) is 9.46. The maximum Gasteiger partial charge on any atom is 0.122 e. The van der Waals surface area contributed by atoms with Crippen LogP contribution in [-0.4, -0.2) is 48.4 Å². The van der Waals surface area contributed by atoms with Gasteiger partial charge in [0.25, 0.3) is 0 Å². The van der Waals surface area contributed by atoms with Gasteiger partial charge in [0.1, 0.15) is 13.4 Å². The number of hydrogen-bond acceptors (Lipinski definition) is 4. The van der Waals surface area contributed by atoms with Gasteiger partial charge < -0.3 is 20.7 Å². The number of rotatable bonds is 1. The molecule has 1 saturated heterocycles. The monoisotopic (exact) mass is 183 g/mol. The van der Waals surface area contributed by atoms with Crippen LogP contribution in [0.5, 0.6) is 0 Å². The summed E-state index contributed by atoms with van der Waals surface area (Å²) >= 11 is 0. The summed E-state index contributed by atoms with van der Waals surface area (Å²) in [4.78, 5) is 0. The van der Waals surface area contributed by atoms with Crippen LogP contribution in [0.25, 0.3) is 0 Å². The normalized spacial score (nSPS) is 60.2. The lowest BCUT2D eigenvalue weighted by Crippen LogP contribution is -2.45. The standard InChI is InChI=1S/C8H14BNO3/c1-7(3-10)5(12)8(2-4(8)11)13-6(7)9/h4-6,11-12H,2-3,10H2,1H3/t4?,5-,6+,7+,8?/m0/s1. The Labute approximate surface area is 78.5 Å². The van der Waals surface area contributed by atoms with Gasteiger partial charge in [-0.1, -0.05) is 6.92 Å². The van der Waals surface area contributed by atoms with E-state index in [1.54, 1.807) is 6.92 Å². The first-order valence-electron chi connectivity index (χ1n) is 4.47. The molecule has 1 heterocycles. The van der Waals surface area contributed by atoms with Crippen LogP contribution in [0.2, 0.25) is 0 Å².